The number of amides is 3. The summed E-state index contributed by atoms with van der Waals surface area (Å²) in [4.78, 5) is 31.4. The number of nitrogens with zero attached hydrogens (tertiary/aromatic N) is 2. The number of aromatic nitrogens is 1. The third-order valence-electron chi connectivity index (χ3n) is 8.75. The van der Waals surface area contributed by atoms with Gasteiger partial charge in [0, 0.05) is 10.9 Å². The maximum Gasteiger partial charge on any atom is 0.334 e. The van der Waals surface area contributed by atoms with E-state index in [9.17, 15) is 9.59 Å². The Morgan fingerprint density at radius 1 is 0.972 bits per heavy atom. The lowest BCUT2D eigenvalue weighted by Gasteiger charge is -2.59. The van der Waals surface area contributed by atoms with Crippen molar-refractivity contribution in [1.82, 2.24) is 15.4 Å². The van der Waals surface area contributed by atoms with E-state index in [-0.39, 0.29) is 11.4 Å². The number of carbonyl (C=O) groups is 2. The molecule has 3 aromatic rings. The van der Waals surface area contributed by atoms with Crippen LogP contribution in [0.25, 0.3) is 22.2 Å². The highest BCUT2D eigenvalue weighted by Crippen LogP contribution is 2.57. The number of hydrazine groups is 1. The second-order valence-corrected chi connectivity index (χ2v) is 11.6. The number of benzene rings is 2. The number of carbonyl (C=O) groups excluding carboxylic acids is 2. The van der Waals surface area contributed by atoms with Crippen LogP contribution in [-0.4, -0.2) is 27.5 Å². The molecule has 0 radical (unpaired) electrons. The summed E-state index contributed by atoms with van der Waals surface area (Å²) in [5, 5.41) is 2.25. The van der Waals surface area contributed by atoms with Gasteiger partial charge in [-0.3, -0.25) is 10.2 Å². The van der Waals surface area contributed by atoms with Gasteiger partial charge in [-0.2, -0.15) is 0 Å². The molecule has 6 heteroatoms. The van der Waals surface area contributed by atoms with Crippen molar-refractivity contribution >= 4 is 22.8 Å². The largest absolute Gasteiger partial charge is 0.350 e. The van der Waals surface area contributed by atoms with Crippen molar-refractivity contribution in [3.05, 3.63) is 65.7 Å². The molecule has 2 aromatic carbocycles. The molecule has 0 unspecified atom stereocenters. The molecule has 36 heavy (non-hydrogen) atoms. The summed E-state index contributed by atoms with van der Waals surface area (Å²) >= 11 is 0. The fraction of sp³-hybridized carbons (Fsp3) is 0.433. The number of fused-ring (bicyclic) bond motifs is 1. The predicted molar refractivity (Wildman–Crippen MR) is 141 cm³/mol. The van der Waals surface area contributed by atoms with E-state index in [0.29, 0.717) is 29.2 Å². The molecular weight excluding hydrogens is 448 g/mol. The third kappa shape index (κ3) is 3.93. The molecule has 7 rings (SSSR count). The SMILES string of the molecule is CC(C)c1ccc(-c2cc(C(=O)NN(C(N)=O)C34CC5CC(CC(C5)C3)C4)c3ccccc3n2)cc1. The number of nitrogens with two attached hydrogens (primary N) is 1. The van der Waals surface area contributed by atoms with Crippen molar-refractivity contribution in [3.8, 4) is 11.3 Å². The molecule has 1 aromatic heterocycles. The molecule has 3 N–H and O–H groups in total. The number of nitrogens with one attached hydrogen (secondary N) is 1. The van der Waals surface area contributed by atoms with Crippen LogP contribution in [0.2, 0.25) is 0 Å². The topological polar surface area (TPSA) is 88.3 Å². The molecule has 0 aliphatic heterocycles. The lowest BCUT2D eigenvalue weighted by atomic mass is 9.53. The number of pyridine rings is 1. The van der Waals surface area contributed by atoms with Gasteiger partial charge in [0.15, 0.2) is 0 Å². The number of primary amides is 1. The summed E-state index contributed by atoms with van der Waals surface area (Å²) in [6.45, 7) is 4.33. The maximum absolute atomic E-state index is 13.8. The van der Waals surface area contributed by atoms with Gasteiger partial charge in [-0.05, 0) is 79.9 Å². The Morgan fingerprint density at radius 3 is 2.17 bits per heavy atom. The second kappa shape index (κ2) is 8.61. The molecule has 4 aliphatic carbocycles. The second-order valence-electron chi connectivity index (χ2n) is 11.6. The summed E-state index contributed by atoms with van der Waals surface area (Å²) in [6, 6.07) is 17.2. The first-order chi connectivity index (χ1) is 17.3. The van der Waals surface area contributed by atoms with E-state index >= 15 is 0 Å². The zero-order chi connectivity index (χ0) is 25.0. The van der Waals surface area contributed by atoms with Crippen molar-refractivity contribution in [3.63, 3.8) is 0 Å². The van der Waals surface area contributed by atoms with Gasteiger partial charge >= 0.3 is 6.03 Å². The van der Waals surface area contributed by atoms with E-state index in [1.807, 2.05) is 30.3 Å². The van der Waals surface area contributed by atoms with Crippen molar-refractivity contribution in [1.29, 1.82) is 0 Å². The first kappa shape index (κ1) is 23.0. The zero-order valence-corrected chi connectivity index (χ0v) is 21.0. The standard InChI is InChI=1S/C30H34N4O2/c1-18(2)22-7-9-23(10-8-22)27-14-25(24-5-3-4-6-26(24)32-27)28(35)33-34(29(31)36)30-15-19-11-20(16-30)13-21(12-19)17-30/h3-10,14,18-21H,11-13,15-17H2,1-2H3,(H2,31,36)(H,33,35). The number of hydrogen-bond donors (Lipinski definition) is 2. The minimum atomic E-state index is -0.576. The normalized spacial score (nSPS) is 26.4. The third-order valence-corrected chi connectivity index (χ3v) is 8.75. The Morgan fingerprint density at radius 2 is 1.58 bits per heavy atom. The van der Waals surface area contributed by atoms with Crippen molar-refractivity contribution in [2.24, 2.45) is 23.5 Å². The van der Waals surface area contributed by atoms with Gasteiger partial charge in [-0.15, -0.1) is 0 Å². The quantitative estimate of drug-likeness (QED) is 0.446. The van der Waals surface area contributed by atoms with Crippen LogP contribution in [0.15, 0.2) is 54.6 Å². The number of urea groups is 1. The molecular formula is C30H34N4O2. The molecule has 4 saturated carbocycles. The van der Waals surface area contributed by atoms with Gasteiger partial charge in [0.1, 0.15) is 0 Å². The summed E-state index contributed by atoms with van der Waals surface area (Å²) in [5.41, 5.74) is 12.7. The first-order valence-corrected chi connectivity index (χ1v) is 13.2. The Balaban J connectivity index is 1.36. The van der Waals surface area contributed by atoms with Crippen LogP contribution in [0.5, 0.6) is 0 Å². The van der Waals surface area contributed by atoms with Crippen molar-refractivity contribution in [2.45, 2.75) is 63.8 Å². The van der Waals surface area contributed by atoms with Crippen LogP contribution in [0.4, 0.5) is 4.79 Å². The molecule has 0 atom stereocenters. The molecule has 186 valence electrons. The molecule has 4 aliphatic rings. The minimum absolute atomic E-state index is 0.316. The highest BCUT2D eigenvalue weighted by molar-refractivity contribution is 6.07. The Hall–Kier alpha value is -3.41. The Kier molecular flexibility index (Phi) is 5.51. The smallest absolute Gasteiger partial charge is 0.334 e. The Bertz CT molecular complexity index is 1300. The van der Waals surface area contributed by atoms with Crippen LogP contribution in [0.1, 0.15) is 74.2 Å². The average Bonchev–Trinajstić information content (AvgIpc) is 2.85. The van der Waals surface area contributed by atoms with Crippen LogP contribution < -0.4 is 11.2 Å². The molecule has 4 bridgehead atoms. The van der Waals surface area contributed by atoms with Crippen LogP contribution >= 0.6 is 0 Å². The van der Waals surface area contributed by atoms with Crippen LogP contribution in [-0.2, 0) is 0 Å². The van der Waals surface area contributed by atoms with Gasteiger partial charge in [-0.1, -0.05) is 56.3 Å². The van der Waals surface area contributed by atoms with E-state index in [4.69, 9.17) is 10.7 Å². The van der Waals surface area contributed by atoms with Crippen LogP contribution in [0, 0.1) is 17.8 Å². The van der Waals surface area contributed by atoms with Gasteiger partial charge in [0.25, 0.3) is 5.91 Å². The summed E-state index contributed by atoms with van der Waals surface area (Å²) in [7, 11) is 0. The molecule has 6 nitrogen and oxygen atoms in total. The molecule has 0 spiro atoms. The van der Waals surface area contributed by atoms with E-state index < -0.39 is 6.03 Å². The summed E-state index contributed by atoms with van der Waals surface area (Å²) in [5.74, 6) is 1.99. The van der Waals surface area contributed by atoms with Gasteiger partial charge in [0.05, 0.1) is 22.3 Å². The zero-order valence-electron chi connectivity index (χ0n) is 21.0. The highest BCUT2D eigenvalue weighted by Gasteiger charge is 2.55. The molecule has 3 amide bonds. The highest BCUT2D eigenvalue weighted by atomic mass is 16.2. The molecule has 0 saturated heterocycles. The Labute approximate surface area is 212 Å². The van der Waals surface area contributed by atoms with Crippen molar-refractivity contribution < 1.29 is 9.59 Å². The van der Waals surface area contributed by atoms with Crippen LogP contribution in [0.3, 0.4) is 0 Å². The van der Waals surface area contributed by atoms with E-state index in [0.717, 1.165) is 41.4 Å². The lowest BCUT2D eigenvalue weighted by Crippen LogP contribution is -2.67. The van der Waals surface area contributed by atoms with E-state index in [2.05, 4.69) is 43.5 Å². The van der Waals surface area contributed by atoms with Gasteiger partial charge in [-0.25, -0.2) is 14.8 Å². The molecule has 4 fully saturated rings. The average molecular weight is 483 g/mol. The van der Waals surface area contributed by atoms with Crippen molar-refractivity contribution in [2.75, 3.05) is 0 Å². The summed E-state index contributed by atoms with van der Waals surface area (Å²) in [6.07, 6.45) is 6.50. The fourth-order valence-corrected chi connectivity index (χ4v) is 7.46. The summed E-state index contributed by atoms with van der Waals surface area (Å²) < 4.78 is 0. The number of rotatable bonds is 4. The maximum atomic E-state index is 13.8. The molecule has 1 heterocycles. The fourth-order valence-electron chi connectivity index (χ4n) is 7.46. The monoisotopic (exact) mass is 482 g/mol. The van der Waals surface area contributed by atoms with Gasteiger partial charge in [0.2, 0.25) is 0 Å². The number of para-hydroxylation sites is 1. The predicted octanol–water partition coefficient (Wildman–Crippen LogP) is 6.02. The first-order valence-electron chi connectivity index (χ1n) is 13.2. The van der Waals surface area contributed by atoms with Gasteiger partial charge < -0.3 is 5.73 Å². The van der Waals surface area contributed by atoms with E-state index in [1.165, 1.54) is 29.8 Å². The number of hydrogen-bond acceptors (Lipinski definition) is 3. The lowest BCUT2D eigenvalue weighted by molar-refractivity contribution is -0.0818. The minimum Gasteiger partial charge on any atom is -0.350 e. The van der Waals surface area contributed by atoms with E-state index in [1.54, 1.807) is 0 Å².